The quantitative estimate of drug-likeness (QED) is 0.553. The van der Waals surface area contributed by atoms with Gasteiger partial charge in [0, 0.05) is 41.0 Å². The van der Waals surface area contributed by atoms with Crippen molar-refractivity contribution in [3.63, 3.8) is 0 Å². The van der Waals surface area contributed by atoms with Crippen LogP contribution in [0.4, 0.5) is 0 Å². The van der Waals surface area contributed by atoms with Gasteiger partial charge in [0.15, 0.2) is 0 Å². The van der Waals surface area contributed by atoms with Crippen molar-refractivity contribution >= 4 is 31.9 Å². The second-order valence-corrected chi connectivity index (χ2v) is 9.74. The van der Waals surface area contributed by atoms with Crippen molar-refractivity contribution in [2.75, 3.05) is 0 Å². The van der Waals surface area contributed by atoms with Gasteiger partial charge in [-0.15, -0.1) is 0 Å². The number of nitrogens with zero attached hydrogens (tertiary/aromatic N) is 1. The molecular weight excluding hydrogens is 372 g/mol. The van der Waals surface area contributed by atoms with Crippen molar-refractivity contribution in [3.8, 4) is 0 Å². The predicted octanol–water partition coefficient (Wildman–Crippen LogP) is 4.28. The van der Waals surface area contributed by atoms with Gasteiger partial charge in [0.05, 0.1) is 10.4 Å². The first kappa shape index (κ1) is 16.4. The number of furan rings is 1. The maximum absolute atomic E-state index is 13.5. The molecule has 1 N–H and O–H groups in total. The number of rotatable bonds is 2. The summed E-state index contributed by atoms with van der Waals surface area (Å²) in [6.07, 6.45) is 4.80. The van der Waals surface area contributed by atoms with Gasteiger partial charge in [-0.05, 0) is 49.6 Å². The molecule has 0 aliphatic carbocycles. The van der Waals surface area contributed by atoms with Crippen molar-refractivity contribution in [1.29, 1.82) is 0 Å². The second kappa shape index (κ2) is 5.49. The molecule has 2 aliphatic heterocycles. The molecule has 6 heteroatoms. The molecule has 2 aromatic heterocycles. The molecule has 5 nitrogen and oxygen atoms in total. The van der Waals surface area contributed by atoms with Crippen LogP contribution in [0.2, 0.25) is 0 Å². The lowest BCUT2D eigenvalue weighted by Gasteiger charge is -2.20. The van der Waals surface area contributed by atoms with E-state index in [4.69, 9.17) is 4.42 Å². The molecule has 2 aromatic carbocycles. The van der Waals surface area contributed by atoms with Gasteiger partial charge in [-0.1, -0.05) is 18.2 Å². The second-order valence-electron chi connectivity index (χ2n) is 7.92. The summed E-state index contributed by atoms with van der Waals surface area (Å²) in [5.41, 5.74) is 3.57. The Morgan fingerprint density at radius 2 is 1.96 bits per heavy atom. The number of nitrogens with one attached hydrogen (secondary N) is 1. The Balaban J connectivity index is 1.56. The summed E-state index contributed by atoms with van der Waals surface area (Å²) in [5.74, 6) is 1.01. The molecule has 2 atom stereocenters. The highest BCUT2D eigenvalue weighted by molar-refractivity contribution is 7.90. The van der Waals surface area contributed by atoms with Crippen LogP contribution < -0.4 is 5.32 Å². The zero-order chi connectivity index (χ0) is 19.0. The Morgan fingerprint density at radius 3 is 2.86 bits per heavy atom. The number of aromatic nitrogens is 1. The van der Waals surface area contributed by atoms with Crippen LogP contribution in [0.5, 0.6) is 0 Å². The fourth-order valence-electron chi connectivity index (χ4n) is 4.90. The summed E-state index contributed by atoms with van der Waals surface area (Å²) in [7, 11) is -3.70. The lowest BCUT2D eigenvalue weighted by molar-refractivity contribution is 0.441. The Labute approximate surface area is 163 Å². The molecule has 2 aliphatic rings. The van der Waals surface area contributed by atoms with E-state index in [9.17, 15) is 8.42 Å². The smallest absolute Gasteiger partial charge is 0.268 e. The maximum atomic E-state index is 13.5. The van der Waals surface area contributed by atoms with E-state index in [1.807, 2.05) is 31.2 Å². The third-order valence-corrected chi connectivity index (χ3v) is 7.90. The van der Waals surface area contributed by atoms with Crippen molar-refractivity contribution in [2.24, 2.45) is 0 Å². The molecule has 1 fully saturated rings. The molecule has 6 rings (SSSR count). The van der Waals surface area contributed by atoms with Crippen molar-refractivity contribution in [2.45, 2.75) is 43.2 Å². The van der Waals surface area contributed by atoms with Crippen LogP contribution in [0.3, 0.4) is 0 Å². The van der Waals surface area contributed by atoms with Crippen LogP contribution in [0, 0.1) is 6.92 Å². The van der Waals surface area contributed by atoms with Gasteiger partial charge in [-0.25, -0.2) is 12.4 Å². The minimum absolute atomic E-state index is 0.266. The van der Waals surface area contributed by atoms with Crippen LogP contribution in [0.25, 0.3) is 21.9 Å². The summed E-state index contributed by atoms with van der Waals surface area (Å²) in [6.45, 7) is 1.94. The highest BCUT2D eigenvalue weighted by Gasteiger charge is 2.36. The van der Waals surface area contributed by atoms with Crippen molar-refractivity contribution in [3.05, 3.63) is 65.5 Å². The van der Waals surface area contributed by atoms with Gasteiger partial charge >= 0.3 is 0 Å². The van der Waals surface area contributed by atoms with Gasteiger partial charge in [-0.2, -0.15) is 0 Å². The van der Waals surface area contributed by atoms with Crippen molar-refractivity contribution < 1.29 is 12.8 Å². The zero-order valence-electron chi connectivity index (χ0n) is 15.5. The molecule has 2 unspecified atom stereocenters. The van der Waals surface area contributed by atoms with E-state index in [0.29, 0.717) is 16.5 Å². The lowest BCUT2D eigenvalue weighted by Crippen LogP contribution is -2.30. The highest BCUT2D eigenvalue weighted by atomic mass is 32.2. The molecule has 1 saturated heterocycles. The summed E-state index contributed by atoms with van der Waals surface area (Å²) in [5, 5.41) is 5.50. The fourth-order valence-corrected chi connectivity index (χ4v) is 6.35. The first-order chi connectivity index (χ1) is 13.5. The molecular formula is C22H20N2O3S. The van der Waals surface area contributed by atoms with E-state index in [1.54, 1.807) is 24.4 Å². The van der Waals surface area contributed by atoms with Gasteiger partial charge < -0.3 is 9.73 Å². The number of fused-ring (bicyclic) bond motifs is 7. The SMILES string of the molecule is Cc1cn(S(=O)(=O)c2ccc3oc4c(c3c2)C2CCC(C4)N2)c2ccccc12. The Morgan fingerprint density at radius 1 is 1.11 bits per heavy atom. The molecule has 0 spiro atoms. The van der Waals surface area contributed by atoms with Crippen LogP contribution in [0.1, 0.15) is 35.8 Å². The zero-order valence-corrected chi connectivity index (χ0v) is 16.3. The molecule has 4 heterocycles. The maximum Gasteiger partial charge on any atom is 0.268 e. The van der Waals surface area contributed by atoms with Crippen LogP contribution in [0.15, 0.2) is 58.0 Å². The highest BCUT2D eigenvalue weighted by Crippen LogP contribution is 2.42. The average Bonchev–Trinajstić information content (AvgIpc) is 3.36. The normalized spacial score (nSPS) is 21.5. The van der Waals surface area contributed by atoms with E-state index in [2.05, 4.69) is 5.32 Å². The number of hydrogen-bond acceptors (Lipinski definition) is 4. The third kappa shape index (κ3) is 2.13. The first-order valence-corrected chi connectivity index (χ1v) is 11.1. The number of hydrogen-bond donors (Lipinski definition) is 1. The molecule has 4 aromatic rings. The summed E-state index contributed by atoms with van der Waals surface area (Å²) in [4.78, 5) is 0.296. The summed E-state index contributed by atoms with van der Waals surface area (Å²) < 4.78 is 34.4. The van der Waals surface area contributed by atoms with Crippen molar-refractivity contribution in [1.82, 2.24) is 9.29 Å². The minimum Gasteiger partial charge on any atom is -0.461 e. The van der Waals surface area contributed by atoms with E-state index < -0.39 is 10.0 Å². The minimum atomic E-state index is -3.70. The molecule has 0 radical (unpaired) electrons. The summed E-state index contributed by atoms with van der Waals surface area (Å²) in [6, 6.07) is 13.6. The predicted molar refractivity (Wildman–Crippen MR) is 108 cm³/mol. The van der Waals surface area contributed by atoms with Gasteiger partial charge in [0.2, 0.25) is 0 Å². The van der Waals surface area contributed by atoms with Crippen LogP contribution >= 0.6 is 0 Å². The first-order valence-electron chi connectivity index (χ1n) is 9.66. The topological polar surface area (TPSA) is 64.2 Å². The van der Waals surface area contributed by atoms with Crippen LogP contribution in [-0.2, 0) is 16.4 Å². The number of benzene rings is 2. The van der Waals surface area contributed by atoms with Crippen LogP contribution in [-0.4, -0.2) is 18.4 Å². The third-order valence-electron chi connectivity index (χ3n) is 6.23. The fraction of sp³-hybridized carbons (Fsp3) is 0.273. The monoisotopic (exact) mass is 392 g/mol. The van der Waals surface area contributed by atoms with Gasteiger partial charge in [-0.3, -0.25) is 0 Å². The Hall–Kier alpha value is -2.57. The molecule has 142 valence electrons. The number of aryl methyl sites for hydroxylation is 1. The number of para-hydroxylation sites is 1. The molecule has 28 heavy (non-hydrogen) atoms. The van der Waals surface area contributed by atoms with Gasteiger partial charge in [0.25, 0.3) is 10.0 Å². The van der Waals surface area contributed by atoms with Gasteiger partial charge in [0.1, 0.15) is 11.3 Å². The Bertz CT molecular complexity index is 1360. The van der Waals surface area contributed by atoms with E-state index >= 15 is 0 Å². The average molecular weight is 392 g/mol. The molecule has 0 saturated carbocycles. The van der Waals surface area contributed by atoms with E-state index in [1.165, 1.54) is 3.97 Å². The van der Waals surface area contributed by atoms with E-state index in [0.717, 1.165) is 52.5 Å². The molecule has 2 bridgehead atoms. The standard InChI is InChI=1S/C22H20N2O3S/c1-13-12-24(19-5-3-2-4-16(13)19)28(25,26)15-7-9-20-17(11-15)22-18-8-6-14(23-18)10-21(22)27-20/h2-5,7,9,11-12,14,18,23H,6,8,10H2,1H3. The largest absolute Gasteiger partial charge is 0.461 e. The summed E-state index contributed by atoms with van der Waals surface area (Å²) >= 11 is 0. The lowest BCUT2D eigenvalue weighted by atomic mass is 9.99. The van der Waals surface area contributed by atoms with E-state index in [-0.39, 0.29) is 6.04 Å². The molecule has 0 amide bonds. The Kier molecular flexibility index (Phi) is 3.21.